The quantitative estimate of drug-likeness (QED) is 0.731. The maximum atomic E-state index is 13.1. The summed E-state index contributed by atoms with van der Waals surface area (Å²) in [7, 11) is 0. The average Bonchev–Trinajstić information content (AvgIpc) is 2.62. The summed E-state index contributed by atoms with van der Waals surface area (Å²) in [4.78, 5) is 36.8. The van der Waals surface area contributed by atoms with Crippen LogP contribution in [0.5, 0.6) is 0 Å². The van der Waals surface area contributed by atoms with Gasteiger partial charge in [-0.2, -0.15) is 0 Å². The number of carbonyl (C=O) groups excluding carboxylic acids is 3. The maximum Gasteiger partial charge on any atom is 0.407 e. The molecule has 0 radical (unpaired) electrons. The molecular formula is C22H32N2O5. The van der Waals surface area contributed by atoms with E-state index < -0.39 is 23.3 Å². The number of rotatable bonds is 5. The first-order valence-electron chi connectivity index (χ1n) is 10.1. The molecule has 0 bridgehead atoms. The monoisotopic (exact) mass is 404 g/mol. The van der Waals surface area contributed by atoms with Crippen molar-refractivity contribution in [3.63, 3.8) is 0 Å². The summed E-state index contributed by atoms with van der Waals surface area (Å²) in [5.41, 5.74) is -0.826. The molecule has 1 unspecified atom stereocenters. The molecule has 1 aliphatic rings. The van der Waals surface area contributed by atoms with Crippen LogP contribution in [0.25, 0.3) is 0 Å². The highest BCUT2D eigenvalue weighted by atomic mass is 16.6. The van der Waals surface area contributed by atoms with E-state index in [-0.39, 0.29) is 18.0 Å². The maximum absolute atomic E-state index is 13.1. The molecule has 7 heteroatoms. The van der Waals surface area contributed by atoms with Crippen molar-refractivity contribution in [2.45, 2.75) is 83.6 Å². The van der Waals surface area contributed by atoms with Crippen LogP contribution in [0.4, 0.5) is 4.79 Å². The number of amides is 2. The zero-order valence-electron chi connectivity index (χ0n) is 17.9. The molecule has 0 aromatic heterocycles. The van der Waals surface area contributed by atoms with Gasteiger partial charge in [0.25, 0.3) is 5.91 Å². The predicted molar refractivity (Wildman–Crippen MR) is 109 cm³/mol. The molecule has 0 saturated heterocycles. The molecule has 2 N–H and O–H groups in total. The van der Waals surface area contributed by atoms with Gasteiger partial charge in [-0.15, -0.1) is 0 Å². The van der Waals surface area contributed by atoms with Crippen LogP contribution in [0.15, 0.2) is 30.3 Å². The molecule has 2 rings (SSSR count). The highest BCUT2D eigenvalue weighted by Crippen LogP contribution is 2.33. The third-order valence-corrected chi connectivity index (χ3v) is 4.91. The topological polar surface area (TPSA) is 93.7 Å². The van der Waals surface area contributed by atoms with E-state index in [0.29, 0.717) is 25.7 Å². The van der Waals surface area contributed by atoms with Gasteiger partial charge in [0.05, 0.1) is 6.04 Å². The Hall–Kier alpha value is -2.57. The van der Waals surface area contributed by atoms with E-state index in [0.717, 1.165) is 5.56 Å². The number of hydrogen-bond acceptors (Lipinski definition) is 5. The molecule has 0 heterocycles. The standard InChI is InChI=1S/C22H32N2O5/c1-15(17-9-7-6-8-10-17)23-19(26)22(28-16(2)25)13-11-18(12-14-22)24-20(27)29-21(3,4)5/h6-10,15,18H,11-14H2,1-5H3,(H,23,26)(H,24,27). The lowest BCUT2D eigenvalue weighted by atomic mass is 9.81. The molecule has 29 heavy (non-hydrogen) atoms. The molecule has 7 nitrogen and oxygen atoms in total. The predicted octanol–water partition coefficient (Wildman–Crippen LogP) is 3.63. The Bertz CT molecular complexity index is 718. The number of hydrogen-bond donors (Lipinski definition) is 2. The Balaban J connectivity index is 2.01. The van der Waals surface area contributed by atoms with Crippen LogP contribution in [-0.2, 0) is 19.1 Å². The van der Waals surface area contributed by atoms with E-state index in [9.17, 15) is 14.4 Å². The van der Waals surface area contributed by atoms with Gasteiger partial charge in [-0.1, -0.05) is 30.3 Å². The van der Waals surface area contributed by atoms with Crippen molar-refractivity contribution in [1.82, 2.24) is 10.6 Å². The zero-order valence-corrected chi connectivity index (χ0v) is 17.9. The number of nitrogens with one attached hydrogen (secondary N) is 2. The smallest absolute Gasteiger partial charge is 0.407 e. The van der Waals surface area contributed by atoms with Crippen molar-refractivity contribution in [2.75, 3.05) is 0 Å². The highest BCUT2D eigenvalue weighted by molar-refractivity contribution is 5.88. The van der Waals surface area contributed by atoms with Gasteiger partial charge in [0.1, 0.15) is 5.60 Å². The molecule has 1 atom stereocenters. The first-order valence-corrected chi connectivity index (χ1v) is 10.1. The molecule has 160 valence electrons. The summed E-state index contributed by atoms with van der Waals surface area (Å²) >= 11 is 0. The third-order valence-electron chi connectivity index (χ3n) is 4.91. The van der Waals surface area contributed by atoms with Crippen molar-refractivity contribution in [2.24, 2.45) is 0 Å². The van der Waals surface area contributed by atoms with Crippen LogP contribution >= 0.6 is 0 Å². The molecule has 0 aliphatic heterocycles. The van der Waals surface area contributed by atoms with Gasteiger partial charge >= 0.3 is 12.1 Å². The first kappa shape index (κ1) is 22.7. The Kier molecular flexibility index (Phi) is 7.27. The largest absolute Gasteiger partial charge is 0.449 e. The molecule has 1 saturated carbocycles. The minimum Gasteiger partial charge on any atom is -0.449 e. The van der Waals surface area contributed by atoms with Crippen molar-refractivity contribution < 1.29 is 23.9 Å². The van der Waals surface area contributed by atoms with Crippen molar-refractivity contribution in [3.8, 4) is 0 Å². The SMILES string of the molecule is CC(=O)OC1(C(=O)NC(C)c2ccccc2)CCC(NC(=O)OC(C)(C)C)CC1. The molecule has 2 amide bonds. The second-order valence-electron chi connectivity index (χ2n) is 8.61. The molecule has 1 fully saturated rings. The van der Waals surface area contributed by atoms with E-state index in [1.807, 2.05) is 37.3 Å². The first-order chi connectivity index (χ1) is 13.5. The highest BCUT2D eigenvalue weighted by Gasteiger charge is 2.45. The molecular weight excluding hydrogens is 372 g/mol. The number of esters is 1. The second-order valence-corrected chi connectivity index (χ2v) is 8.61. The normalized spacial score (nSPS) is 22.9. The number of ether oxygens (including phenoxy) is 2. The minimum atomic E-state index is -1.22. The van der Waals surface area contributed by atoms with Gasteiger partial charge in [-0.05, 0) is 58.9 Å². The Morgan fingerprint density at radius 3 is 2.21 bits per heavy atom. The zero-order chi connectivity index (χ0) is 21.7. The van der Waals surface area contributed by atoms with Crippen LogP contribution in [0.3, 0.4) is 0 Å². The van der Waals surface area contributed by atoms with E-state index in [1.54, 1.807) is 20.8 Å². The van der Waals surface area contributed by atoms with Crippen molar-refractivity contribution >= 4 is 18.0 Å². The lowest BCUT2D eigenvalue weighted by molar-refractivity contribution is -0.171. The van der Waals surface area contributed by atoms with Gasteiger partial charge in [0.2, 0.25) is 0 Å². The Labute approximate surface area is 172 Å². The van der Waals surface area contributed by atoms with Crippen LogP contribution in [0.1, 0.15) is 71.9 Å². The fourth-order valence-electron chi connectivity index (χ4n) is 3.51. The van der Waals surface area contributed by atoms with Gasteiger partial charge in [0.15, 0.2) is 5.60 Å². The van der Waals surface area contributed by atoms with Gasteiger partial charge < -0.3 is 20.1 Å². The summed E-state index contributed by atoms with van der Waals surface area (Å²) in [6.07, 6.45) is 1.21. The lowest BCUT2D eigenvalue weighted by Crippen LogP contribution is -2.54. The number of benzene rings is 1. The molecule has 0 spiro atoms. The minimum absolute atomic E-state index is 0.132. The summed E-state index contributed by atoms with van der Waals surface area (Å²) in [6.45, 7) is 8.61. The van der Waals surface area contributed by atoms with E-state index in [4.69, 9.17) is 9.47 Å². The number of carbonyl (C=O) groups is 3. The van der Waals surface area contributed by atoms with Crippen LogP contribution in [-0.4, -0.2) is 35.2 Å². The molecule has 1 aliphatic carbocycles. The average molecular weight is 405 g/mol. The summed E-state index contributed by atoms with van der Waals surface area (Å²) < 4.78 is 10.8. The summed E-state index contributed by atoms with van der Waals surface area (Å²) in [6, 6.07) is 9.26. The Morgan fingerprint density at radius 2 is 1.69 bits per heavy atom. The van der Waals surface area contributed by atoms with Crippen molar-refractivity contribution in [1.29, 1.82) is 0 Å². The van der Waals surface area contributed by atoms with Gasteiger partial charge in [0, 0.05) is 13.0 Å². The fraction of sp³-hybridized carbons (Fsp3) is 0.591. The van der Waals surface area contributed by atoms with Crippen molar-refractivity contribution in [3.05, 3.63) is 35.9 Å². The van der Waals surface area contributed by atoms with Crippen LogP contribution in [0, 0.1) is 0 Å². The summed E-state index contributed by atoms with van der Waals surface area (Å²) in [5, 5.41) is 5.81. The second kappa shape index (κ2) is 9.29. The van der Waals surface area contributed by atoms with Crippen LogP contribution in [0.2, 0.25) is 0 Å². The van der Waals surface area contributed by atoms with Crippen LogP contribution < -0.4 is 10.6 Å². The van der Waals surface area contributed by atoms with E-state index >= 15 is 0 Å². The van der Waals surface area contributed by atoms with E-state index in [2.05, 4.69) is 10.6 Å². The Morgan fingerprint density at radius 1 is 1.10 bits per heavy atom. The molecule has 1 aromatic rings. The lowest BCUT2D eigenvalue weighted by Gasteiger charge is -2.39. The third kappa shape index (κ3) is 6.76. The molecule has 1 aromatic carbocycles. The fourth-order valence-corrected chi connectivity index (χ4v) is 3.51. The number of alkyl carbamates (subject to hydrolysis) is 1. The van der Waals surface area contributed by atoms with Gasteiger partial charge in [-0.25, -0.2) is 4.79 Å². The summed E-state index contributed by atoms with van der Waals surface area (Å²) in [5.74, 6) is -0.800. The van der Waals surface area contributed by atoms with Gasteiger partial charge in [-0.3, -0.25) is 9.59 Å². The van der Waals surface area contributed by atoms with E-state index in [1.165, 1.54) is 6.92 Å².